The molecular formula is C13H10N2. The third-order valence-electron chi connectivity index (χ3n) is 3.22. The molecule has 1 saturated carbocycles. The third-order valence-corrected chi connectivity index (χ3v) is 3.22. The second-order valence-corrected chi connectivity index (χ2v) is 4.34. The lowest BCUT2D eigenvalue weighted by Crippen LogP contribution is -2.09. The number of fused-ring (bicyclic) bond motifs is 3. The van der Waals surface area contributed by atoms with Crippen LogP contribution in [0.4, 0.5) is 5.69 Å². The van der Waals surface area contributed by atoms with E-state index in [9.17, 15) is 0 Å². The van der Waals surface area contributed by atoms with E-state index in [1.54, 1.807) is 0 Å². The first-order valence-corrected chi connectivity index (χ1v) is 5.39. The van der Waals surface area contributed by atoms with Gasteiger partial charge in [0.2, 0.25) is 0 Å². The quantitative estimate of drug-likeness (QED) is 0.648. The number of nitrogens with zero attached hydrogens (tertiary/aromatic N) is 2. The molecule has 0 radical (unpaired) electrons. The lowest BCUT2D eigenvalue weighted by Gasteiger charge is -1.95. The van der Waals surface area contributed by atoms with Gasteiger partial charge in [0.1, 0.15) is 0 Å². The average Bonchev–Trinajstić information content (AvgIpc) is 2.84. The van der Waals surface area contributed by atoms with E-state index in [0.29, 0.717) is 0 Å². The molecule has 1 fully saturated rings. The van der Waals surface area contributed by atoms with Crippen LogP contribution in [0.15, 0.2) is 28.3 Å². The minimum atomic E-state index is 0.732. The zero-order valence-corrected chi connectivity index (χ0v) is 8.27. The summed E-state index contributed by atoms with van der Waals surface area (Å²) in [5.74, 6) is 0.732. The molecule has 0 aromatic heterocycles. The highest BCUT2D eigenvalue weighted by molar-refractivity contribution is 6.16. The summed E-state index contributed by atoms with van der Waals surface area (Å²) in [5.41, 5.74) is 3.60. The zero-order valence-electron chi connectivity index (χ0n) is 8.27. The SMILES string of the molecule is C1=Cc2c3c(ccc2=N1)=CC(C1CC1)=N3. The molecule has 0 unspecified atom stereocenters. The normalized spacial score (nSPS) is 20.4. The molecule has 0 amide bonds. The lowest BCUT2D eigenvalue weighted by molar-refractivity contribution is 1.21. The first kappa shape index (κ1) is 7.57. The fourth-order valence-electron chi connectivity index (χ4n) is 2.23. The van der Waals surface area contributed by atoms with E-state index in [4.69, 9.17) is 4.99 Å². The van der Waals surface area contributed by atoms with Gasteiger partial charge >= 0.3 is 0 Å². The Morgan fingerprint density at radius 2 is 2.13 bits per heavy atom. The molecule has 4 rings (SSSR count). The highest BCUT2D eigenvalue weighted by atomic mass is 14.8. The Kier molecular flexibility index (Phi) is 1.24. The Hall–Kier alpha value is -1.70. The van der Waals surface area contributed by atoms with Gasteiger partial charge in [0.05, 0.1) is 11.0 Å². The van der Waals surface area contributed by atoms with E-state index in [-0.39, 0.29) is 0 Å². The van der Waals surface area contributed by atoms with Crippen molar-refractivity contribution in [2.75, 3.05) is 0 Å². The molecule has 2 heteroatoms. The van der Waals surface area contributed by atoms with Crippen molar-refractivity contribution in [1.29, 1.82) is 0 Å². The molecule has 2 aliphatic heterocycles. The third kappa shape index (κ3) is 0.990. The first-order chi connectivity index (χ1) is 7.42. The monoisotopic (exact) mass is 194 g/mol. The van der Waals surface area contributed by atoms with Gasteiger partial charge in [-0.2, -0.15) is 0 Å². The summed E-state index contributed by atoms with van der Waals surface area (Å²) in [6.07, 6.45) is 8.77. The van der Waals surface area contributed by atoms with Gasteiger partial charge in [-0.3, -0.25) is 9.98 Å². The summed E-state index contributed by atoms with van der Waals surface area (Å²) in [4.78, 5) is 9.03. The molecule has 2 nitrogen and oxygen atoms in total. The number of aliphatic imine (C=N–C) groups is 1. The maximum Gasteiger partial charge on any atom is 0.0800 e. The van der Waals surface area contributed by atoms with E-state index in [2.05, 4.69) is 29.3 Å². The maximum absolute atomic E-state index is 4.74. The van der Waals surface area contributed by atoms with Gasteiger partial charge in [0.15, 0.2) is 0 Å². The summed E-state index contributed by atoms with van der Waals surface area (Å²) in [7, 11) is 0. The molecule has 0 spiro atoms. The smallest absolute Gasteiger partial charge is 0.0800 e. The lowest BCUT2D eigenvalue weighted by atomic mass is 10.1. The average molecular weight is 194 g/mol. The second-order valence-electron chi connectivity index (χ2n) is 4.34. The highest BCUT2D eigenvalue weighted by Gasteiger charge is 2.28. The van der Waals surface area contributed by atoms with Crippen molar-refractivity contribution in [3.63, 3.8) is 0 Å². The summed E-state index contributed by atoms with van der Waals surface area (Å²) in [6.45, 7) is 0. The van der Waals surface area contributed by atoms with E-state index in [1.807, 2.05) is 6.20 Å². The standard InChI is InChI=1S/C13H10N2/c1-2-8(1)12-7-9-3-4-11-10(5-6-14-11)13(9)15-12/h3-8H,1-2H2. The predicted molar refractivity (Wildman–Crippen MR) is 60.5 cm³/mol. The van der Waals surface area contributed by atoms with Crippen molar-refractivity contribution >= 4 is 23.6 Å². The molecule has 0 atom stereocenters. The van der Waals surface area contributed by atoms with Crippen molar-refractivity contribution in [3.05, 3.63) is 34.5 Å². The van der Waals surface area contributed by atoms with Crippen LogP contribution in [0, 0.1) is 5.92 Å². The van der Waals surface area contributed by atoms with Crippen LogP contribution >= 0.6 is 0 Å². The Balaban J connectivity index is 2.01. The van der Waals surface area contributed by atoms with E-state index in [1.165, 1.54) is 29.3 Å². The summed E-state index contributed by atoms with van der Waals surface area (Å²) < 4.78 is 0. The molecule has 1 aromatic rings. The Morgan fingerprint density at radius 3 is 3.00 bits per heavy atom. The van der Waals surface area contributed by atoms with Gasteiger partial charge in [-0.15, -0.1) is 0 Å². The number of rotatable bonds is 1. The second kappa shape index (κ2) is 2.45. The van der Waals surface area contributed by atoms with Crippen LogP contribution in [0.5, 0.6) is 0 Å². The summed E-state index contributed by atoms with van der Waals surface area (Å²) in [6, 6.07) is 4.21. The molecule has 0 N–H and O–H groups in total. The van der Waals surface area contributed by atoms with Gasteiger partial charge in [-0.25, -0.2) is 0 Å². The summed E-state index contributed by atoms with van der Waals surface area (Å²) in [5, 5.41) is 2.32. The van der Waals surface area contributed by atoms with Crippen LogP contribution in [0.2, 0.25) is 0 Å². The number of hydrogen-bond acceptors (Lipinski definition) is 2. The Labute approximate surface area is 87.4 Å². The number of hydrogen-bond donors (Lipinski definition) is 0. The van der Waals surface area contributed by atoms with Crippen LogP contribution in [-0.4, -0.2) is 5.71 Å². The highest BCUT2D eigenvalue weighted by Crippen LogP contribution is 2.34. The molecule has 2 heterocycles. The van der Waals surface area contributed by atoms with Crippen LogP contribution in [-0.2, 0) is 0 Å². The predicted octanol–water partition coefficient (Wildman–Crippen LogP) is 1.57. The zero-order chi connectivity index (χ0) is 9.83. The first-order valence-electron chi connectivity index (χ1n) is 5.39. The molecule has 0 saturated heterocycles. The van der Waals surface area contributed by atoms with Crippen molar-refractivity contribution in [2.24, 2.45) is 15.9 Å². The van der Waals surface area contributed by atoms with Gasteiger partial charge in [-0.05, 0) is 31.1 Å². The largest absolute Gasteiger partial charge is 0.256 e. The maximum atomic E-state index is 4.74. The van der Waals surface area contributed by atoms with E-state index < -0.39 is 0 Å². The van der Waals surface area contributed by atoms with Crippen LogP contribution in [0.1, 0.15) is 18.4 Å². The Bertz CT molecular complexity index is 631. The molecule has 1 aliphatic carbocycles. The number of benzene rings is 1. The van der Waals surface area contributed by atoms with Gasteiger partial charge in [0.25, 0.3) is 0 Å². The van der Waals surface area contributed by atoms with Crippen molar-refractivity contribution < 1.29 is 0 Å². The fraction of sp³-hybridized carbons (Fsp3) is 0.231. The van der Waals surface area contributed by atoms with Gasteiger partial charge in [0, 0.05) is 28.6 Å². The fourth-order valence-corrected chi connectivity index (χ4v) is 2.23. The summed E-state index contributed by atoms with van der Waals surface area (Å²) >= 11 is 0. The topological polar surface area (TPSA) is 24.7 Å². The van der Waals surface area contributed by atoms with Crippen LogP contribution < -0.4 is 10.6 Å². The van der Waals surface area contributed by atoms with Crippen LogP contribution in [0.3, 0.4) is 0 Å². The minimum Gasteiger partial charge on any atom is -0.256 e. The minimum absolute atomic E-state index is 0.732. The molecule has 0 bridgehead atoms. The van der Waals surface area contributed by atoms with Crippen molar-refractivity contribution in [3.8, 4) is 0 Å². The van der Waals surface area contributed by atoms with E-state index >= 15 is 0 Å². The molecular weight excluding hydrogens is 184 g/mol. The van der Waals surface area contributed by atoms with E-state index in [0.717, 1.165) is 17.0 Å². The van der Waals surface area contributed by atoms with Crippen molar-refractivity contribution in [1.82, 2.24) is 0 Å². The van der Waals surface area contributed by atoms with Crippen molar-refractivity contribution in [2.45, 2.75) is 12.8 Å². The molecule has 15 heavy (non-hydrogen) atoms. The van der Waals surface area contributed by atoms with Gasteiger partial charge < -0.3 is 0 Å². The molecule has 72 valence electrons. The van der Waals surface area contributed by atoms with Gasteiger partial charge in [-0.1, -0.05) is 6.07 Å². The molecule has 1 aromatic carbocycles. The van der Waals surface area contributed by atoms with Crippen LogP contribution in [0.25, 0.3) is 12.2 Å². The molecule has 3 aliphatic rings. The Morgan fingerprint density at radius 1 is 1.20 bits per heavy atom.